The molecule has 0 spiro atoms. The molecule has 0 radical (unpaired) electrons. The van der Waals surface area contributed by atoms with Gasteiger partial charge in [-0.2, -0.15) is 0 Å². The van der Waals surface area contributed by atoms with E-state index in [1.165, 1.54) is 0 Å². The maximum absolute atomic E-state index is 12.4. The number of rotatable bonds is 6. The van der Waals surface area contributed by atoms with Crippen molar-refractivity contribution < 1.29 is 14.7 Å². The molecular weight excluding hydrogens is 258 g/mol. The van der Waals surface area contributed by atoms with Gasteiger partial charge in [0.25, 0.3) is 0 Å². The fourth-order valence-electron chi connectivity index (χ4n) is 2.34. The highest BCUT2D eigenvalue weighted by molar-refractivity contribution is 5.74. The normalized spacial score (nSPS) is 17.9. The SMILES string of the molecule is CCC(C)CN(CC)C(=O)N1CCN(CC(=O)O)CC1. The molecule has 0 aliphatic carbocycles. The maximum atomic E-state index is 12.4. The molecule has 1 atom stereocenters. The number of carboxylic acid groups (broad SMARTS) is 1. The second kappa shape index (κ2) is 8.09. The predicted molar refractivity (Wildman–Crippen MR) is 77.7 cm³/mol. The summed E-state index contributed by atoms with van der Waals surface area (Å²) in [6, 6.07) is 0.0859. The summed E-state index contributed by atoms with van der Waals surface area (Å²) in [7, 11) is 0. The first kappa shape index (κ1) is 16.8. The van der Waals surface area contributed by atoms with E-state index in [4.69, 9.17) is 5.11 Å². The molecule has 116 valence electrons. The van der Waals surface area contributed by atoms with Crippen LogP contribution in [0.2, 0.25) is 0 Å². The Morgan fingerprint density at radius 1 is 1.20 bits per heavy atom. The molecule has 1 unspecified atom stereocenters. The average Bonchev–Trinajstić information content (AvgIpc) is 2.44. The second-order valence-electron chi connectivity index (χ2n) is 5.49. The molecule has 1 saturated heterocycles. The molecule has 1 aliphatic rings. The molecule has 1 fully saturated rings. The number of nitrogens with zero attached hydrogens (tertiary/aromatic N) is 3. The lowest BCUT2D eigenvalue weighted by Crippen LogP contribution is -2.54. The summed E-state index contributed by atoms with van der Waals surface area (Å²) in [6.45, 7) is 10.4. The van der Waals surface area contributed by atoms with E-state index in [1.54, 1.807) is 0 Å². The first-order valence-electron chi connectivity index (χ1n) is 7.45. The molecule has 1 aliphatic heterocycles. The summed E-state index contributed by atoms with van der Waals surface area (Å²) < 4.78 is 0. The molecule has 0 aromatic heterocycles. The van der Waals surface area contributed by atoms with E-state index in [9.17, 15) is 9.59 Å². The number of aliphatic carboxylic acids is 1. The largest absolute Gasteiger partial charge is 0.480 e. The lowest BCUT2D eigenvalue weighted by molar-refractivity contribution is -0.138. The summed E-state index contributed by atoms with van der Waals surface area (Å²) >= 11 is 0. The molecule has 1 rings (SSSR count). The minimum atomic E-state index is -0.809. The average molecular weight is 285 g/mol. The summed E-state index contributed by atoms with van der Waals surface area (Å²) in [5, 5.41) is 8.76. The van der Waals surface area contributed by atoms with Crippen LogP contribution in [0, 0.1) is 5.92 Å². The van der Waals surface area contributed by atoms with E-state index in [0.29, 0.717) is 32.1 Å². The fourth-order valence-corrected chi connectivity index (χ4v) is 2.34. The van der Waals surface area contributed by atoms with Crippen molar-refractivity contribution >= 4 is 12.0 Å². The van der Waals surface area contributed by atoms with Gasteiger partial charge in [0.05, 0.1) is 6.54 Å². The third-order valence-corrected chi connectivity index (χ3v) is 3.88. The first-order chi connectivity index (χ1) is 9.47. The predicted octanol–water partition coefficient (Wildman–Crippen LogP) is 1.18. The van der Waals surface area contributed by atoms with Crippen molar-refractivity contribution in [2.24, 2.45) is 5.92 Å². The van der Waals surface area contributed by atoms with Gasteiger partial charge in [-0.1, -0.05) is 20.3 Å². The summed E-state index contributed by atoms with van der Waals surface area (Å²) in [6.07, 6.45) is 1.07. The minimum Gasteiger partial charge on any atom is -0.480 e. The molecule has 0 aromatic rings. The zero-order chi connectivity index (χ0) is 15.1. The van der Waals surface area contributed by atoms with Gasteiger partial charge in [-0.15, -0.1) is 0 Å². The molecule has 0 bridgehead atoms. The van der Waals surface area contributed by atoms with Crippen molar-refractivity contribution in [3.8, 4) is 0 Å². The van der Waals surface area contributed by atoms with Crippen LogP contribution in [-0.2, 0) is 4.79 Å². The minimum absolute atomic E-state index is 0.0619. The molecule has 2 amide bonds. The van der Waals surface area contributed by atoms with E-state index in [1.807, 2.05) is 21.6 Å². The van der Waals surface area contributed by atoms with Crippen LogP contribution in [-0.4, -0.2) is 77.6 Å². The summed E-state index contributed by atoms with van der Waals surface area (Å²) in [5.41, 5.74) is 0. The van der Waals surface area contributed by atoms with E-state index in [0.717, 1.165) is 19.5 Å². The Bertz CT molecular complexity index is 328. The van der Waals surface area contributed by atoms with E-state index in [-0.39, 0.29) is 12.6 Å². The number of urea groups is 1. The van der Waals surface area contributed by atoms with Crippen LogP contribution in [0.25, 0.3) is 0 Å². The van der Waals surface area contributed by atoms with Crippen molar-refractivity contribution in [2.45, 2.75) is 27.2 Å². The number of piperazine rings is 1. The van der Waals surface area contributed by atoms with E-state index < -0.39 is 5.97 Å². The Hall–Kier alpha value is -1.30. The molecular formula is C14H27N3O3. The number of amides is 2. The zero-order valence-electron chi connectivity index (χ0n) is 12.8. The lowest BCUT2D eigenvalue weighted by Gasteiger charge is -2.37. The van der Waals surface area contributed by atoms with E-state index >= 15 is 0 Å². The van der Waals surface area contributed by atoms with Gasteiger partial charge in [0.15, 0.2) is 0 Å². The number of hydrogen-bond donors (Lipinski definition) is 1. The fraction of sp³-hybridized carbons (Fsp3) is 0.857. The Balaban J connectivity index is 2.46. The Labute approximate surface area is 121 Å². The Kier molecular flexibility index (Phi) is 6.78. The summed E-state index contributed by atoms with van der Waals surface area (Å²) in [4.78, 5) is 28.7. The van der Waals surface area contributed by atoms with Gasteiger partial charge in [-0.3, -0.25) is 9.69 Å². The Morgan fingerprint density at radius 3 is 2.25 bits per heavy atom. The smallest absolute Gasteiger partial charge is 0.320 e. The summed E-state index contributed by atoms with van der Waals surface area (Å²) in [5.74, 6) is -0.302. The van der Waals surface area contributed by atoms with Gasteiger partial charge in [0.1, 0.15) is 0 Å². The Morgan fingerprint density at radius 2 is 1.80 bits per heavy atom. The molecule has 20 heavy (non-hydrogen) atoms. The van der Waals surface area contributed by atoms with E-state index in [2.05, 4.69) is 13.8 Å². The van der Waals surface area contributed by atoms with Gasteiger partial charge in [-0.25, -0.2) is 4.79 Å². The quantitative estimate of drug-likeness (QED) is 0.796. The lowest BCUT2D eigenvalue weighted by atomic mass is 10.1. The number of carboxylic acids is 1. The van der Waals surface area contributed by atoms with Crippen LogP contribution in [0.15, 0.2) is 0 Å². The van der Waals surface area contributed by atoms with Gasteiger partial charge >= 0.3 is 12.0 Å². The van der Waals surface area contributed by atoms with Gasteiger partial charge in [-0.05, 0) is 12.8 Å². The van der Waals surface area contributed by atoms with Gasteiger partial charge in [0, 0.05) is 39.3 Å². The molecule has 6 nitrogen and oxygen atoms in total. The highest BCUT2D eigenvalue weighted by atomic mass is 16.4. The van der Waals surface area contributed by atoms with Gasteiger partial charge in [0.2, 0.25) is 0 Å². The molecule has 1 N–H and O–H groups in total. The van der Waals surface area contributed by atoms with Crippen LogP contribution in [0.1, 0.15) is 27.2 Å². The standard InChI is InChI=1S/C14H27N3O3/c1-4-12(3)10-16(5-2)14(20)17-8-6-15(7-9-17)11-13(18)19/h12H,4-11H2,1-3H3,(H,18,19). The third-order valence-electron chi connectivity index (χ3n) is 3.88. The van der Waals surface area contributed by atoms with Crippen molar-refractivity contribution in [3.63, 3.8) is 0 Å². The van der Waals surface area contributed by atoms with Crippen molar-refractivity contribution in [3.05, 3.63) is 0 Å². The monoisotopic (exact) mass is 285 g/mol. The molecule has 6 heteroatoms. The molecule has 0 aromatic carbocycles. The second-order valence-corrected chi connectivity index (χ2v) is 5.49. The number of hydrogen-bond acceptors (Lipinski definition) is 3. The van der Waals surface area contributed by atoms with Crippen LogP contribution in [0.5, 0.6) is 0 Å². The first-order valence-corrected chi connectivity index (χ1v) is 7.45. The van der Waals surface area contributed by atoms with Gasteiger partial charge < -0.3 is 14.9 Å². The topological polar surface area (TPSA) is 64.1 Å². The van der Waals surface area contributed by atoms with Crippen molar-refractivity contribution in [1.82, 2.24) is 14.7 Å². The number of carbonyl (C=O) groups is 2. The highest BCUT2D eigenvalue weighted by Gasteiger charge is 2.25. The maximum Gasteiger partial charge on any atom is 0.320 e. The van der Waals surface area contributed by atoms with Crippen molar-refractivity contribution in [1.29, 1.82) is 0 Å². The molecule has 1 heterocycles. The van der Waals surface area contributed by atoms with Crippen molar-refractivity contribution in [2.75, 3.05) is 45.8 Å². The van der Waals surface area contributed by atoms with Crippen LogP contribution in [0.3, 0.4) is 0 Å². The van der Waals surface area contributed by atoms with Crippen LogP contribution >= 0.6 is 0 Å². The van der Waals surface area contributed by atoms with Crippen LogP contribution < -0.4 is 0 Å². The molecule has 0 saturated carbocycles. The highest BCUT2D eigenvalue weighted by Crippen LogP contribution is 2.09. The third kappa shape index (κ3) is 5.00. The zero-order valence-corrected chi connectivity index (χ0v) is 12.8. The van der Waals surface area contributed by atoms with Crippen LogP contribution in [0.4, 0.5) is 4.79 Å². The number of carbonyl (C=O) groups excluding carboxylic acids is 1.